The van der Waals surface area contributed by atoms with Crippen LogP contribution in [0.1, 0.15) is 13.3 Å². The number of nitrogens with two attached hydrogens (primary N) is 1. The number of benzene rings is 1. The Hall–Kier alpha value is -1.04. The van der Waals surface area contributed by atoms with Crippen molar-refractivity contribution in [2.24, 2.45) is 0 Å². The molecule has 0 unspecified atom stereocenters. The van der Waals surface area contributed by atoms with E-state index in [1.165, 1.54) is 11.3 Å². The van der Waals surface area contributed by atoms with Crippen molar-refractivity contribution < 1.29 is 4.79 Å². The molecule has 1 heterocycles. The monoisotopic (exact) mass is 289 g/mol. The number of fused-ring (bicyclic) bond motifs is 1. The van der Waals surface area contributed by atoms with Gasteiger partial charge in [0.05, 0.1) is 20.4 Å². The summed E-state index contributed by atoms with van der Waals surface area (Å²) >= 11 is 13.5. The Morgan fingerprint density at radius 1 is 1.59 bits per heavy atom. The predicted octanol–water partition coefficient (Wildman–Crippen LogP) is 3.53. The number of nitrogens with zero attached hydrogens (tertiary/aromatic N) is 1. The minimum absolute atomic E-state index is 0.125. The van der Waals surface area contributed by atoms with Gasteiger partial charge in [0.15, 0.2) is 5.13 Å². The van der Waals surface area contributed by atoms with Crippen LogP contribution in [0, 0.1) is 0 Å². The first kappa shape index (κ1) is 12.4. The summed E-state index contributed by atoms with van der Waals surface area (Å²) < 4.78 is 0.683. The lowest BCUT2D eigenvalue weighted by Crippen LogP contribution is -2.09. The minimum atomic E-state index is -0.125. The fourth-order valence-electron chi connectivity index (χ4n) is 1.36. The summed E-state index contributed by atoms with van der Waals surface area (Å²) in [5, 5.41) is 3.91. The number of amides is 1. The number of halogens is 2. The number of carbonyl (C=O) groups is 1. The summed E-state index contributed by atoms with van der Waals surface area (Å²) in [4.78, 5) is 15.4. The molecule has 3 N–H and O–H groups in total. The SMILES string of the molecule is CCC(=O)Nc1cc(Cl)c2nc(N)sc2c1Cl. The van der Waals surface area contributed by atoms with Gasteiger partial charge in [-0.25, -0.2) is 4.98 Å². The molecule has 0 spiro atoms. The molecule has 0 aliphatic heterocycles. The molecular formula is C10H9Cl2N3OS. The van der Waals surface area contributed by atoms with Gasteiger partial charge in [-0.1, -0.05) is 41.5 Å². The first-order valence-corrected chi connectivity index (χ1v) is 6.44. The predicted molar refractivity (Wildman–Crippen MR) is 73.0 cm³/mol. The van der Waals surface area contributed by atoms with Crippen LogP contribution in [0.3, 0.4) is 0 Å². The Morgan fingerprint density at radius 3 is 2.94 bits per heavy atom. The van der Waals surface area contributed by atoms with Gasteiger partial charge in [-0.05, 0) is 6.07 Å². The van der Waals surface area contributed by atoms with Crippen LogP contribution in [0.4, 0.5) is 10.8 Å². The average Bonchev–Trinajstić information content (AvgIpc) is 2.68. The Labute approximate surface area is 112 Å². The number of anilines is 2. The first-order chi connectivity index (χ1) is 8.02. The second-order valence-electron chi connectivity index (χ2n) is 3.35. The lowest BCUT2D eigenvalue weighted by atomic mass is 10.3. The van der Waals surface area contributed by atoms with E-state index in [4.69, 9.17) is 28.9 Å². The van der Waals surface area contributed by atoms with E-state index in [0.29, 0.717) is 37.5 Å². The van der Waals surface area contributed by atoms with Crippen LogP contribution in [-0.2, 0) is 4.79 Å². The van der Waals surface area contributed by atoms with Crippen molar-refractivity contribution in [1.29, 1.82) is 0 Å². The molecule has 90 valence electrons. The van der Waals surface area contributed by atoms with E-state index >= 15 is 0 Å². The Kier molecular flexibility index (Phi) is 3.42. The molecule has 0 fully saturated rings. The summed E-state index contributed by atoms with van der Waals surface area (Å²) in [6.45, 7) is 1.76. The molecule has 0 saturated carbocycles. The Morgan fingerprint density at radius 2 is 2.29 bits per heavy atom. The average molecular weight is 290 g/mol. The normalized spacial score (nSPS) is 10.8. The number of nitrogen functional groups attached to an aromatic ring is 1. The Balaban J connectivity index is 2.58. The third-order valence-electron chi connectivity index (χ3n) is 2.17. The van der Waals surface area contributed by atoms with Gasteiger partial charge in [-0.2, -0.15) is 0 Å². The third kappa shape index (κ3) is 2.31. The maximum absolute atomic E-state index is 11.3. The van der Waals surface area contributed by atoms with E-state index in [0.717, 1.165) is 0 Å². The highest BCUT2D eigenvalue weighted by molar-refractivity contribution is 7.22. The van der Waals surface area contributed by atoms with E-state index < -0.39 is 0 Å². The molecule has 0 atom stereocenters. The molecule has 0 saturated heterocycles. The highest BCUT2D eigenvalue weighted by atomic mass is 35.5. The quantitative estimate of drug-likeness (QED) is 0.889. The molecule has 4 nitrogen and oxygen atoms in total. The van der Waals surface area contributed by atoms with Crippen LogP contribution in [0.25, 0.3) is 10.2 Å². The van der Waals surface area contributed by atoms with E-state index in [-0.39, 0.29) is 5.91 Å². The van der Waals surface area contributed by atoms with Crippen molar-refractivity contribution in [1.82, 2.24) is 4.98 Å². The number of rotatable bonds is 2. The fourth-order valence-corrected chi connectivity index (χ4v) is 2.76. The highest BCUT2D eigenvalue weighted by Crippen LogP contribution is 2.40. The van der Waals surface area contributed by atoms with Gasteiger partial charge < -0.3 is 11.1 Å². The van der Waals surface area contributed by atoms with Gasteiger partial charge in [0.2, 0.25) is 5.91 Å². The molecule has 2 rings (SSSR count). The molecule has 0 aliphatic rings. The smallest absolute Gasteiger partial charge is 0.224 e. The number of hydrogen-bond donors (Lipinski definition) is 2. The van der Waals surface area contributed by atoms with Gasteiger partial charge in [0, 0.05) is 6.42 Å². The third-order valence-corrected chi connectivity index (χ3v) is 3.87. The molecule has 1 aromatic carbocycles. The van der Waals surface area contributed by atoms with Crippen LogP contribution >= 0.6 is 34.5 Å². The Bertz CT molecular complexity index is 597. The highest BCUT2D eigenvalue weighted by Gasteiger charge is 2.15. The summed E-state index contributed by atoms with van der Waals surface area (Å²) in [5.74, 6) is -0.125. The molecule has 0 bridgehead atoms. The fraction of sp³-hybridized carbons (Fsp3) is 0.200. The lowest BCUT2D eigenvalue weighted by Gasteiger charge is -2.07. The van der Waals surface area contributed by atoms with E-state index in [2.05, 4.69) is 10.3 Å². The summed E-state index contributed by atoms with van der Waals surface area (Å²) in [6.07, 6.45) is 0.372. The molecule has 17 heavy (non-hydrogen) atoms. The second kappa shape index (κ2) is 4.68. The zero-order valence-electron chi connectivity index (χ0n) is 8.88. The number of carbonyl (C=O) groups excluding carboxylic acids is 1. The van der Waals surface area contributed by atoms with Crippen LogP contribution in [0.15, 0.2) is 6.07 Å². The number of aromatic nitrogens is 1. The topological polar surface area (TPSA) is 68.0 Å². The number of hydrogen-bond acceptors (Lipinski definition) is 4. The zero-order valence-corrected chi connectivity index (χ0v) is 11.2. The van der Waals surface area contributed by atoms with Gasteiger partial charge in [0.25, 0.3) is 0 Å². The van der Waals surface area contributed by atoms with Crippen LogP contribution in [0.2, 0.25) is 10.0 Å². The summed E-state index contributed by atoms with van der Waals surface area (Å²) in [6, 6.07) is 1.58. The molecular weight excluding hydrogens is 281 g/mol. The van der Waals surface area contributed by atoms with E-state index in [1.807, 2.05) is 0 Å². The minimum Gasteiger partial charge on any atom is -0.375 e. The van der Waals surface area contributed by atoms with Crippen molar-refractivity contribution in [3.63, 3.8) is 0 Å². The van der Waals surface area contributed by atoms with Crippen LogP contribution in [-0.4, -0.2) is 10.9 Å². The zero-order chi connectivity index (χ0) is 12.6. The van der Waals surface area contributed by atoms with E-state index in [1.54, 1.807) is 13.0 Å². The number of thiazole rings is 1. The van der Waals surface area contributed by atoms with Crippen LogP contribution in [0.5, 0.6) is 0 Å². The van der Waals surface area contributed by atoms with Crippen molar-refractivity contribution in [2.75, 3.05) is 11.1 Å². The summed E-state index contributed by atoms with van der Waals surface area (Å²) in [5.41, 5.74) is 6.66. The first-order valence-electron chi connectivity index (χ1n) is 4.86. The molecule has 1 amide bonds. The van der Waals surface area contributed by atoms with Crippen LogP contribution < -0.4 is 11.1 Å². The van der Waals surface area contributed by atoms with Gasteiger partial charge in [-0.15, -0.1) is 0 Å². The largest absolute Gasteiger partial charge is 0.375 e. The maximum atomic E-state index is 11.3. The number of nitrogens with one attached hydrogen (secondary N) is 1. The maximum Gasteiger partial charge on any atom is 0.224 e. The molecule has 1 aromatic heterocycles. The molecule has 0 aliphatic carbocycles. The van der Waals surface area contributed by atoms with Crippen molar-refractivity contribution in [3.05, 3.63) is 16.1 Å². The lowest BCUT2D eigenvalue weighted by molar-refractivity contribution is -0.115. The van der Waals surface area contributed by atoms with Gasteiger partial charge >= 0.3 is 0 Å². The van der Waals surface area contributed by atoms with E-state index in [9.17, 15) is 4.79 Å². The standard InChI is InChI=1S/C10H9Cl2N3OS/c1-2-6(16)14-5-3-4(11)8-9(7(5)12)17-10(13)15-8/h3H,2H2,1H3,(H2,13,15)(H,14,16). The van der Waals surface area contributed by atoms with Crippen molar-refractivity contribution in [3.8, 4) is 0 Å². The second-order valence-corrected chi connectivity index (χ2v) is 5.17. The van der Waals surface area contributed by atoms with Gasteiger partial charge in [0.1, 0.15) is 5.52 Å². The van der Waals surface area contributed by atoms with Gasteiger partial charge in [-0.3, -0.25) is 4.79 Å². The summed E-state index contributed by atoms with van der Waals surface area (Å²) in [7, 11) is 0. The molecule has 2 aromatic rings. The molecule has 0 radical (unpaired) electrons. The van der Waals surface area contributed by atoms with Crippen molar-refractivity contribution in [2.45, 2.75) is 13.3 Å². The molecule has 7 heteroatoms. The van der Waals surface area contributed by atoms with Crippen molar-refractivity contribution >= 4 is 61.5 Å².